The number of carbonyl (C=O) groups is 2. The van der Waals surface area contributed by atoms with Gasteiger partial charge in [0.15, 0.2) is 5.82 Å². The zero-order valence-corrected chi connectivity index (χ0v) is 17.0. The van der Waals surface area contributed by atoms with E-state index in [1.807, 2.05) is 31.4 Å². The zero-order chi connectivity index (χ0) is 21.2. The average molecular weight is 395 g/mol. The lowest BCUT2D eigenvalue weighted by Gasteiger charge is -2.29. The van der Waals surface area contributed by atoms with Crippen molar-refractivity contribution in [2.45, 2.75) is 39.5 Å². The Labute approximate surface area is 169 Å². The molecule has 2 N–H and O–H groups in total. The van der Waals surface area contributed by atoms with Crippen LogP contribution in [0.5, 0.6) is 0 Å². The van der Waals surface area contributed by atoms with E-state index in [4.69, 9.17) is 4.52 Å². The SMILES string of the molecule is CCC(CNC(=O)c1cc(C)n(-c2cc(C)on2)c1C)(C(=O)O)c1ccccc1. The third-order valence-corrected chi connectivity index (χ3v) is 5.41. The second kappa shape index (κ2) is 7.95. The molecule has 0 radical (unpaired) electrons. The summed E-state index contributed by atoms with van der Waals surface area (Å²) in [4.78, 5) is 25.1. The Kier molecular flexibility index (Phi) is 5.59. The van der Waals surface area contributed by atoms with Gasteiger partial charge in [0.05, 0.1) is 5.56 Å². The van der Waals surface area contributed by atoms with Crippen LogP contribution in [0.25, 0.3) is 5.82 Å². The van der Waals surface area contributed by atoms with Gasteiger partial charge in [0.1, 0.15) is 11.2 Å². The number of benzene rings is 1. The number of rotatable bonds is 7. The molecule has 152 valence electrons. The van der Waals surface area contributed by atoms with Crippen LogP contribution >= 0.6 is 0 Å². The molecule has 0 fully saturated rings. The van der Waals surface area contributed by atoms with E-state index in [0.29, 0.717) is 34.8 Å². The summed E-state index contributed by atoms with van der Waals surface area (Å²) in [6.45, 7) is 7.32. The minimum absolute atomic E-state index is 0.00554. The molecule has 0 saturated carbocycles. The minimum atomic E-state index is -1.19. The van der Waals surface area contributed by atoms with Crippen LogP contribution in [0.3, 0.4) is 0 Å². The van der Waals surface area contributed by atoms with Crippen LogP contribution in [0.15, 0.2) is 47.0 Å². The molecule has 3 rings (SSSR count). The van der Waals surface area contributed by atoms with Gasteiger partial charge in [-0.05, 0) is 38.8 Å². The predicted molar refractivity (Wildman–Crippen MR) is 108 cm³/mol. The first-order valence-electron chi connectivity index (χ1n) is 9.50. The van der Waals surface area contributed by atoms with Crippen molar-refractivity contribution in [2.75, 3.05) is 6.54 Å². The van der Waals surface area contributed by atoms with Gasteiger partial charge in [0.25, 0.3) is 5.91 Å². The number of nitrogens with zero attached hydrogens (tertiary/aromatic N) is 2. The maximum absolute atomic E-state index is 12.9. The summed E-state index contributed by atoms with van der Waals surface area (Å²) in [6, 6.07) is 12.6. The molecule has 0 saturated heterocycles. The minimum Gasteiger partial charge on any atom is -0.481 e. The molecule has 1 unspecified atom stereocenters. The van der Waals surface area contributed by atoms with Crippen LogP contribution in [0.1, 0.15) is 46.4 Å². The van der Waals surface area contributed by atoms with Gasteiger partial charge in [-0.1, -0.05) is 42.4 Å². The summed E-state index contributed by atoms with van der Waals surface area (Å²) in [6.07, 6.45) is 0.351. The van der Waals surface area contributed by atoms with Gasteiger partial charge in [-0.3, -0.25) is 14.2 Å². The Bertz CT molecular complexity index is 1040. The summed E-state index contributed by atoms with van der Waals surface area (Å²) in [5.41, 5.74) is 1.51. The average Bonchev–Trinajstić information content (AvgIpc) is 3.25. The fourth-order valence-electron chi connectivity index (χ4n) is 3.67. The molecule has 7 nitrogen and oxygen atoms in total. The van der Waals surface area contributed by atoms with Gasteiger partial charge in [0, 0.05) is 24.0 Å². The number of carboxylic acid groups (broad SMARTS) is 1. The maximum Gasteiger partial charge on any atom is 0.315 e. The van der Waals surface area contributed by atoms with Crippen molar-refractivity contribution in [2.24, 2.45) is 0 Å². The molecule has 1 amide bonds. The quantitative estimate of drug-likeness (QED) is 0.638. The Morgan fingerprint density at radius 1 is 1.17 bits per heavy atom. The van der Waals surface area contributed by atoms with Crippen molar-refractivity contribution < 1.29 is 19.2 Å². The van der Waals surface area contributed by atoms with Crippen LogP contribution in [0, 0.1) is 20.8 Å². The topological polar surface area (TPSA) is 97.4 Å². The van der Waals surface area contributed by atoms with E-state index in [1.165, 1.54) is 0 Å². The number of aryl methyl sites for hydroxylation is 2. The lowest BCUT2D eigenvalue weighted by molar-refractivity contribution is -0.143. The second-order valence-corrected chi connectivity index (χ2v) is 7.21. The monoisotopic (exact) mass is 395 g/mol. The number of hydrogen-bond acceptors (Lipinski definition) is 4. The lowest BCUT2D eigenvalue weighted by atomic mass is 9.78. The molecule has 0 spiro atoms. The van der Waals surface area contributed by atoms with Gasteiger partial charge in [-0.15, -0.1) is 0 Å². The van der Waals surface area contributed by atoms with E-state index in [-0.39, 0.29) is 12.5 Å². The van der Waals surface area contributed by atoms with Crippen molar-refractivity contribution in [1.82, 2.24) is 15.0 Å². The van der Waals surface area contributed by atoms with Crippen molar-refractivity contribution in [1.29, 1.82) is 0 Å². The van der Waals surface area contributed by atoms with Gasteiger partial charge in [-0.25, -0.2) is 0 Å². The fraction of sp³-hybridized carbons (Fsp3) is 0.318. The number of nitrogens with one attached hydrogen (secondary N) is 1. The van der Waals surface area contributed by atoms with Crippen molar-refractivity contribution in [3.8, 4) is 5.82 Å². The van der Waals surface area contributed by atoms with Crippen LogP contribution in [-0.4, -0.2) is 33.3 Å². The molecular weight excluding hydrogens is 370 g/mol. The van der Waals surface area contributed by atoms with Crippen molar-refractivity contribution in [3.63, 3.8) is 0 Å². The van der Waals surface area contributed by atoms with Gasteiger partial charge < -0.3 is 14.9 Å². The smallest absolute Gasteiger partial charge is 0.315 e. The Morgan fingerprint density at radius 2 is 1.86 bits per heavy atom. The zero-order valence-electron chi connectivity index (χ0n) is 17.0. The molecule has 0 bridgehead atoms. The number of aromatic nitrogens is 2. The van der Waals surface area contributed by atoms with E-state index in [9.17, 15) is 14.7 Å². The highest BCUT2D eigenvalue weighted by atomic mass is 16.5. The van der Waals surface area contributed by atoms with Crippen molar-refractivity contribution >= 4 is 11.9 Å². The third kappa shape index (κ3) is 3.68. The largest absolute Gasteiger partial charge is 0.481 e. The van der Waals surface area contributed by atoms with Gasteiger partial charge in [0.2, 0.25) is 0 Å². The van der Waals surface area contributed by atoms with E-state index >= 15 is 0 Å². The first-order valence-corrected chi connectivity index (χ1v) is 9.50. The normalized spacial score (nSPS) is 13.1. The highest BCUT2D eigenvalue weighted by Gasteiger charge is 2.39. The highest BCUT2D eigenvalue weighted by Crippen LogP contribution is 2.28. The number of hydrogen-bond donors (Lipinski definition) is 2. The summed E-state index contributed by atoms with van der Waals surface area (Å²) >= 11 is 0. The number of carbonyl (C=O) groups excluding carboxylic acids is 1. The molecule has 0 aliphatic rings. The Balaban J connectivity index is 1.88. The predicted octanol–water partition coefficient (Wildman–Crippen LogP) is 3.55. The second-order valence-electron chi connectivity index (χ2n) is 7.21. The van der Waals surface area contributed by atoms with E-state index < -0.39 is 11.4 Å². The van der Waals surface area contributed by atoms with E-state index in [1.54, 1.807) is 43.3 Å². The maximum atomic E-state index is 12.9. The molecule has 2 aromatic heterocycles. The molecule has 2 heterocycles. The summed E-state index contributed by atoms with van der Waals surface area (Å²) in [5.74, 6) is -0.000514. The number of amides is 1. The van der Waals surface area contributed by atoms with Crippen LogP contribution < -0.4 is 5.32 Å². The molecule has 1 aromatic carbocycles. The van der Waals surface area contributed by atoms with Crippen LogP contribution in [-0.2, 0) is 10.2 Å². The lowest BCUT2D eigenvalue weighted by Crippen LogP contribution is -2.46. The molecule has 0 aliphatic carbocycles. The van der Waals surface area contributed by atoms with E-state index in [2.05, 4.69) is 10.5 Å². The third-order valence-electron chi connectivity index (χ3n) is 5.41. The molecule has 1 atom stereocenters. The molecule has 7 heteroatoms. The molecular formula is C22H25N3O4. The standard InChI is InChI=1S/C22H25N3O4/c1-5-22(21(27)28,17-9-7-6-8-10-17)13-23-20(26)18-11-14(2)25(16(18)4)19-12-15(3)29-24-19/h6-12H,5,13H2,1-4H3,(H,23,26)(H,27,28). The fourth-order valence-corrected chi connectivity index (χ4v) is 3.67. The molecule has 3 aromatic rings. The summed E-state index contributed by atoms with van der Waals surface area (Å²) in [5, 5.41) is 16.8. The Hall–Kier alpha value is -3.35. The first kappa shape index (κ1) is 20.4. The van der Waals surface area contributed by atoms with Gasteiger partial charge >= 0.3 is 5.97 Å². The number of aliphatic carboxylic acids is 1. The van der Waals surface area contributed by atoms with Crippen LogP contribution in [0.2, 0.25) is 0 Å². The first-order chi connectivity index (χ1) is 13.8. The van der Waals surface area contributed by atoms with Gasteiger partial charge in [-0.2, -0.15) is 0 Å². The summed E-state index contributed by atoms with van der Waals surface area (Å²) < 4.78 is 6.98. The van der Waals surface area contributed by atoms with Crippen molar-refractivity contribution in [3.05, 3.63) is 70.7 Å². The molecule has 0 aliphatic heterocycles. The highest BCUT2D eigenvalue weighted by molar-refractivity contribution is 5.96. The summed E-state index contributed by atoms with van der Waals surface area (Å²) in [7, 11) is 0. The van der Waals surface area contributed by atoms with Crippen LogP contribution in [0.4, 0.5) is 0 Å². The van der Waals surface area contributed by atoms with E-state index in [0.717, 1.165) is 5.69 Å². The Morgan fingerprint density at radius 3 is 2.41 bits per heavy atom. The number of carboxylic acids is 1. The molecule has 29 heavy (non-hydrogen) atoms.